The highest BCUT2D eigenvalue weighted by Crippen LogP contribution is 2.29. The van der Waals surface area contributed by atoms with Crippen molar-refractivity contribution in [3.05, 3.63) is 47.1 Å². The van der Waals surface area contributed by atoms with Crippen molar-refractivity contribution in [2.45, 2.75) is 12.5 Å². The second kappa shape index (κ2) is 6.84. The fourth-order valence-electron chi connectivity index (χ4n) is 4.19. The fraction of sp³-hybridized carbons (Fsp3) is 0.350. The zero-order valence-electron chi connectivity index (χ0n) is 15.5. The van der Waals surface area contributed by atoms with E-state index in [9.17, 15) is 4.79 Å². The quantitative estimate of drug-likeness (QED) is 0.694. The van der Waals surface area contributed by atoms with E-state index in [4.69, 9.17) is 16.6 Å². The number of aromatic nitrogens is 3. The Morgan fingerprint density at radius 3 is 3.04 bits per heavy atom. The number of carbonyl (C=O) groups is 1. The number of pyridine rings is 1. The lowest BCUT2D eigenvalue weighted by Gasteiger charge is -2.34. The number of hydrazine groups is 1. The smallest absolute Gasteiger partial charge is 0.255 e. The molecule has 0 radical (unpaired) electrons. The van der Waals surface area contributed by atoms with E-state index in [2.05, 4.69) is 15.8 Å². The molecule has 0 spiro atoms. The Hall–Kier alpha value is -2.48. The van der Waals surface area contributed by atoms with Gasteiger partial charge in [0.2, 0.25) is 0 Å². The van der Waals surface area contributed by atoms with Gasteiger partial charge in [-0.05, 0) is 24.6 Å². The summed E-state index contributed by atoms with van der Waals surface area (Å²) in [7, 11) is 1.91. The Morgan fingerprint density at radius 1 is 1.32 bits per heavy atom. The second-order valence-corrected chi connectivity index (χ2v) is 7.88. The third-order valence-corrected chi connectivity index (χ3v) is 6.07. The van der Waals surface area contributed by atoms with Gasteiger partial charge in [-0.3, -0.25) is 15.6 Å². The number of benzene rings is 1. The van der Waals surface area contributed by atoms with Crippen LogP contribution in [0.2, 0.25) is 5.02 Å². The van der Waals surface area contributed by atoms with E-state index in [0.29, 0.717) is 28.1 Å². The number of nitrogens with one attached hydrogen (secondary N) is 2. The Balaban J connectivity index is 1.47. The van der Waals surface area contributed by atoms with Crippen LogP contribution in [0.3, 0.4) is 0 Å². The van der Waals surface area contributed by atoms with E-state index in [1.54, 1.807) is 6.20 Å². The van der Waals surface area contributed by atoms with Crippen LogP contribution >= 0.6 is 11.6 Å². The molecular formula is C20H21ClN6O. The standard InChI is InChI=1S/C20H21ClN6O/c1-26-18(14-4-2-3-5-15(14)21)24-17-8-12(9-22-19(17)26)20(28)27-7-6-16-13(11-27)10-23-25-16/h2-5,8-9,13,16,23,25H,6-7,10-11H2,1H3. The van der Waals surface area contributed by atoms with Gasteiger partial charge in [0.1, 0.15) is 11.3 Å². The van der Waals surface area contributed by atoms with Gasteiger partial charge in [0.15, 0.2) is 5.65 Å². The van der Waals surface area contributed by atoms with Gasteiger partial charge in [0.05, 0.1) is 10.6 Å². The molecule has 2 N–H and O–H groups in total. The summed E-state index contributed by atoms with van der Waals surface area (Å²) in [5.74, 6) is 1.21. The van der Waals surface area contributed by atoms with Crippen LogP contribution in [0.4, 0.5) is 0 Å². The van der Waals surface area contributed by atoms with Crippen LogP contribution in [-0.4, -0.2) is 51.0 Å². The molecule has 2 unspecified atom stereocenters. The molecule has 5 rings (SSSR count). The number of likely N-dealkylation sites (tertiary alicyclic amines) is 1. The van der Waals surface area contributed by atoms with E-state index in [-0.39, 0.29) is 5.91 Å². The summed E-state index contributed by atoms with van der Waals surface area (Å²) in [5.41, 5.74) is 9.33. The monoisotopic (exact) mass is 396 g/mol. The lowest BCUT2D eigenvalue weighted by atomic mass is 9.94. The van der Waals surface area contributed by atoms with Gasteiger partial charge in [0.25, 0.3) is 5.91 Å². The van der Waals surface area contributed by atoms with E-state index >= 15 is 0 Å². The number of hydrogen-bond acceptors (Lipinski definition) is 5. The maximum Gasteiger partial charge on any atom is 0.255 e. The number of piperidine rings is 1. The lowest BCUT2D eigenvalue weighted by molar-refractivity contribution is 0.0668. The lowest BCUT2D eigenvalue weighted by Crippen LogP contribution is -2.47. The molecule has 0 bridgehead atoms. The van der Waals surface area contributed by atoms with Crippen molar-refractivity contribution in [3.63, 3.8) is 0 Å². The molecular weight excluding hydrogens is 376 g/mol. The minimum Gasteiger partial charge on any atom is -0.338 e. The maximum absolute atomic E-state index is 13.0. The number of nitrogens with zero attached hydrogens (tertiary/aromatic N) is 4. The molecule has 2 saturated heterocycles. The van der Waals surface area contributed by atoms with Crippen LogP contribution in [0.1, 0.15) is 16.8 Å². The van der Waals surface area contributed by atoms with Crippen molar-refractivity contribution in [1.82, 2.24) is 30.3 Å². The summed E-state index contributed by atoms with van der Waals surface area (Å²) in [6.07, 6.45) is 2.61. The van der Waals surface area contributed by atoms with Crippen molar-refractivity contribution in [3.8, 4) is 11.4 Å². The summed E-state index contributed by atoms with van der Waals surface area (Å²) in [5, 5.41) is 0.638. The number of amides is 1. The molecule has 2 atom stereocenters. The Morgan fingerprint density at radius 2 is 2.18 bits per heavy atom. The van der Waals surface area contributed by atoms with Crippen molar-refractivity contribution < 1.29 is 4.79 Å². The molecule has 144 valence electrons. The molecule has 7 nitrogen and oxygen atoms in total. The number of rotatable bonds is 2. The summed E-state index contributed by atoms with van der Waals surface area (Å²) >= 11 is 6.34. The predicted octanol–water partition coefficient (Wildman–Crippen LogP) is 2.23. The van der Waals surface area contributed by atoms with Crippen LogP contribution in [0.5, 0.6) is 0 Å². The number of fused-ring (bicyclic) bond motifs is 2. The first kappa shape index (κ1) is 17.6. The van der Waals surface area contributed by atoms with Crippen LogP contribution in [0.15, 0.2) is 36.5 Å². The van der Waals surface area contributed by atoms with Crippen LogP contribution in [0, 0.1) is 5.92 Å². The summed E-state index contributed by atoms with van der Waals surface area (Å²) in [6.45, 7) is 2.40. The van der Waals surface area contributed by atoms with Crippen molar-refractivity contribution >= 4 is 28.7 Å². The summed E-state index contributed by atoms with van der Waals surface area (Å²) in [6, 6.07) is 9.89. The minimum atomic E-state index is 0.0182. The highest BCUT2D eigenvalue weighted by Gasteiger charge is 2.34. The topological polar surface area (TPSA) is 75.1 Å². The molecule has 2 aromatic heterocycles. The second-order valence-electron chi connectivity index (χ2n) is 7.47. The Kier molecular flexibility index (Phi) is 4.30. The van der Waals surface area contributed by atoms with E-state index in [1.165, 1.54) is 0 Å². The molecule has 28 heavy (non-hydrogen) atoms. The highest BCUT2D eigenvalue weighted by molar-refractivity contribution is 6.33. The molecule has 2 fully saturated rings. The molecule has 0 aliphatic carbocycles. The summed E-state index contributed by atoms with van der Waals surface area (Å²) < 4.78 is 1.91. The first-order chi connectivity index (χ1) is 13.6. The SMILES string of the molecule is Cn1c(-c2ccccc2Cl)nc2cc(C(=O)N3CCC4NNCC4C3)cnc21. The third-order valence-electron chi connectivity index (χ3n) is 5.74. The van der Waals surface area contributed by atoms with Gasteiger partial charge in [-0.25, -0.2) is 9.97 Å². The average Bonchev–Trinajstić information content (AvgIpc) is 3.31. The molecule has 4 heterocycles. The van der Waals surface area contributed by atoms with Crippen molar-refractivity contribution in [2.75, 3.05) is 19.6 Å². The number of aryl methyl sites for hydroxylation is 1. The Labute approximate surface area is 167 Å². The largest absolute Gasteiger partial charge is 0.338 e. The normalized spacial score (nSPS) is 21.9. The molecule has 3 aromatic rings. The predicted molar refractivity (Wildman–Crippen MR) is 108 cm³/mol. The molecule has 8 heteroatoms. The first-order valence-corrected chi connectivity index (χ1v) is 9.84. The maximum atomic E-state index is 13.0. The third kappa shape index (κ3) is 2.87. The van der Waals surface area contributed by atoms with Gasteiger partial charge in [0, 0.05) is 50.4 Å². The van der Waals surface area contributed by atoms with Crippen molar-refractivity contribution in [1.29, 1.82) is 0 Å². The number of hydrogen-bond donors (Lipinski definition) is 2. The number of halogens is 1. The Bertz CT molecular complexity index is 1060. The number of carbonyl (C=O) groups excluding carboxylic acids is 1. The van der Waals surface area contributed by atoms with E-state index < -0.39 is 0 Å². The first-order valence-electron chi connectivity index (χ1n) is 9.47. The van der Waals surface area contributed by atoms with Gasteiger partial charge >= 0.3 is 0 Å². The molecule has 0 saturated carbocycles. The number of imidazole rings is 1. The van der Waals surface area contributed by atoms with Gasteiger partial charge in [-0.1, -0.05) is 23.7 Å². The molecule has 1 aromatic carbocycles. The molecule has 2 aliphatic rings. The van der Waals surface area contributed by atoms with E-state index in [0.717, 1.165) is 43.1 Å². The average molecular weight is 397 g/mol. The summed E-state index contributed by atoms with van der Waals surface area (Å²) in [4.78, 5) is 24.2. The van der Waals surface area contributed by atoms with Gasteiger partial charge in [-0.15, -0.1) is 0 Å². The highest BCUT2D eigenvalue weighted by atomic mass is 35.5. The van der Waals surface area contributed by atoms with Gasteiger partial charge < -0.3 is 9.47 Å². The van der Waals surface area contributed by atoms with Crippen molar-refractivity contribution in [2.24, 2.45) is 13.0 Å². The molecule has 1 amide bonds. The zero-order chi connectivity index (χ0) is 19.3. The minimum absolute atomic E-state index is 0.0182. The van der Waals surface area contributed by atoms with Crippen LogP contribution in [0.25, 0.3) is 22.6 Å². The van der Waals surface area contributed by atoms with Crippen LogP contribution in [-0.2, 0) is 7.05 Å². The van der Waals surface area contributed by atoms with Crippen LogP contribution < -0.4 is 10.9 Å². The fourth-order valence-corrected chi connectivity index (χ4v) is 4.41. The zero-order valence-corrected chi connectivity index (χ0v) is 16.3. The van der Waals surface area contributed by atoms with E-state index in [1.807, 2.05) is 46.8 Å². The molecule has 2 aliphatic heterocycles. The van der Waals surface area contributed by atoms with Gasteiger partial charge in [-0.2, -0.15) is 0 Å².